The van der Waals surface area contributed by atoms with Gasteiger partial charge in [-0.2, -0.15) is 5.26 Å². The van der Waals surface area contributed by atoms with Crippen LogP contribution in [-0.2, 0) is 17.1 Å². The van der Waals surface area contributed by atoms with Crippen LogP contribution in [0.2, 0.25) is 0 Å². The molecule has 0 radical (unpaired) electrons. The van der Waals surface area contributed by atoms with Gasteiger partial charge in [0.2, 0.25) is 5.91 Å². The Morgan fingerprint density at radius 3 is 2.96 bits per heavy atom. The number of aromatic nitrogens is 3. The molecule has 0 spiro atoms. The summed E-state index contributed by atoms with van der Waals surface area (Å²) in [4.78, 5) is 11.1. The second kappa shape index (κ2) is 6.84. The molecule has 3 rings (SSSR count). The van der Waals surface area contributed by atoms with Gasteiger partial charge in [0.1, 0.15) is 5.82 Å². The summed E-state index contributed by atoms with van der Waals surface area (Å²) in [7, 11) is 0. The Morgan fingerprint density at radius 2 is 2.26 bits per heavy atom. The molecule has 1 saturated carbocycles. The molecule has 0 saturated heterocycles. The summed E-state index contributed by atoms with van der Waals surface area (Å²) in [5.41, 5.74) is 6.98. The fourth-order valence-electron chi connectivity index (χ4n) is 2.36. The smallest absolute Gasteiger partial charge is 0.219 e. The second-order valence-corrected chi connectivity index (χ2v) is 6.53. The first kappa shape index (κ1) is 15.6. The van der Waals surface area contributed by atoms with Gasteiger partial charge < -0.3 is 10.3 Å². The first-order valence-electron chi connectivity index (χ1n) is 7.50. The minimum atomic E-state index is -0.321. The molecule has 2 N–H and O–H groups in total. The summed E-state index contributed by atoms with van der Waals surface area (Å²) >= 11 is 1.56. The molecule has 1 amide bonds. The third-order valence-corrected chi connectivity index (χ3v) is 4.73. The summed E-state index contributed by atoms with van der Waals surface area (Å²) in [6, 6.07) is 9.67. The van der Waals surface area contributed by atoms with Gasteiger partial charge in [-0.1, -0.05) is 23.9 Å². The van der Waals surface area contributed by atoms with Crippen LogP contribution in [0.15, 0.2) is 29.4 Å². The van der Waals surface area contributed by atoms with Gasteiger partial charge in [0, 0.05) is 24.6 Å². The number of nitriles is 1. The Kier molecular flexibility index (Phi) is 4.63. The number of primary amides is 1. The summed E-state index contributed by atoms with van der Waals surface area (Å²) in [6.45, 7) is 0.523. The van der Waals surface area contributed by atoms with Crippen molar-refractivity contribution in [3.8, 4) is 6.07 Å². The Bertz CT molecular complexity index is 760. The summed E-state index contributed by atoms with van der Waals surface area (Å²) < 4.78 is 2.02. The predicted molar refractivity (Wildman–Crippen MR) is 86.5 cm³/mol. The van der Waals surface area contributed by atoms with Gasteiger partial charge in [-0.05, 0) is 30.5 Å². The molecule has 1 aromatic heterocycles. The van der Waals surface area contributed by atoms with Crippen LogP contribution in [-0.4, -0.2) is 20.7 Å². The highest BCUT2D eigenvalue weighted by Gasteiger charge is 2.30. The summed E-state index contributed by atoms with van der Waals surface area (Å²) in [5.74, 6) is 1.80. The zero-order valence-electron chi connectivity index (χ0n) is 12.6. The number of hydrogen-bond acceptors (Lipinski definition) is 5. The van der Waals surface area contributed by atoms with Crippen LogP contribution in [0.1, 0.15) is 42.1 Å². The van der Waals surface area contributed by atoms with Crippen LogP contribution in [0.4, 0.5) is 0 Å². The van der Waals surface area contributed by atoms with Gasteiger partial charge >= 0.3 is 0 Å². The fraction of sp³-hybridized carbons (Fsp3) is 0.375. The molecule has 23 heavy (non-hydrogen) atoms. The van der Waals surface area contributed by atoms with E-state index in [1.165, 1.54) is 0 Å². The maximum Gasteiger partial charge on any atom is 0.219 e. The van der Waals surface area contributed by atoms with Gasteiger partial charge in [0.05, 0.1) is 11.6 Å². The normalized spacial score (nSPS) is 13.7. The zero-order valence-corrected chi connectivity index (χ0v) is 13.4. The van der Waals surface area contributed by atoms with Crippen LogP contribution in [0.5, 0.6) is 0 Å². The van der Waals surface area contributed by atoms with Crippen molar-refractivity contribution in [2.75, 3.05) is 0 Å². The first-order valence-corrected chi connectivity index (χ1v) is 8.49. The second-order valence-electron chi connectivity index (χ2n) is 5.58. The monoisotopic (exact) mass is 327 g/mol. The van der Waals surface area contributed by atoms with Crippen molar-refractivity contribution in [2.24, 2.45) is 5.73 Å². The lowest BCUT2D eigenvalue weighted by molar-refractivity contribution is -0.118. The lowest BCUT2D eigenvalue weighted by atomic mass is 10.2. The molecular formula is C16H17N5OS. The molecule has 1 fully saturated rings. The highest BCUT2D eigenvalue weighted by Crippen LogP contribution is 2.40. The number of carbonyl (C=O) groups excluding carboxylic acids is 1. The molecule has 1 aromatic carbocycles. The molecule has 0 unspecified atom stereocenters. The Hall–Kier alpha value is -2.33. The van der Waals surface area contributed by atoms with Crippen LogP contribution in [0, 0.1) is 11.3 Å². The maximum absolute atomic E-state index is 11.1. The molecule has 0 bridgehead atoms. The van der Waals surface area contributed by atoms with Crippen molar-refractivity contribution in [3.05, 3.63) is 41.2 Å². The van der Waals surface area contributed by atoms with Crippen LogP contribution in [0.3, 0.4) is 0 Å². The molecule has 1 heterocycles. The van der Waals surface area contributed by atoms with Crippen molar-refractivity contribution in [2.45, 2.75) is 42.6 Å². The van der Waals surface area contributed by atoms with Crippen LogP contribution in [0.25, 0.3) is 0 Å². The van der Waals surface area contributed by atoms with Crippen molar-refractivity contribution in [1.82, 2.24) is 14.8 Å². The lowest BCUT2D eigenvalue weighted by Gasteiger charge is -2.08. The number of thioether (sulfide) groups is 1. The van der Waals surface area contributed by atoms with E-state index in [0.717, 1.165) is 29.4 Å². The third-order valence-electron chi connectivity index (χ3n) is 3.69. The van der Waals surface area contributed by atoms with E-state index in [9.17, 15) is 4.79 Å². The van der Waals surface area contributed by atoms with E-state index in [1.807, 2.05) is 22.8 Å². The Morgan fingerprint density at radius 1 is 1.43 bits per heavy atom. The first-order chi connectivity index (χ1) is 11.2. The van der Waals surface area contributed by atoms with E-state index in [1.54, 1.807) is 17.8 Å². The summed E-state index contributed by atoms with van der Waals surface area (Å²) in [5, 5.41) is 18.3. The lowest BCUT2D eigenvalue weighted by Crippen LogP contribution is -2.15. The number of nitrogens with two attached hydrogens (primary N) is 1. The number of nitrogens with zero attached hydrogens (tertiary/aromatic N) is 4. The van der Waals surface area contributed by atoms with E-state index in [4.69, 9.17) is 11.0 Å². The quantitative estimate of drug-likeness (QED) is 0.786. The fourth-order valence-corrected chi connectivity index (χ4v) is 3.28. The highest BCUT2D eigenvalue weighted by atomic mass is 32.2. The molecule has 1 aliphatic carbocycles. The van der Waals surface area contributed by atoms with Crippen molar-refractivity contribution < 1.29 is 4.79 Å². The topological polar surface area (TPSA) is 97.6 Å². The maximum atomic E-state index is 11.1. The van der Waals surface area contributed by atoms with Gasteiger partial charge in [-0.25, -0.2) is 0 Å². The number of carbonyl (C=O) groups is 1. The number of hydrogen-bond donors (Lipinski definition) is 1. The van der Waals surface area contributed by atoms with Gasteiger partial charge in [0.15, 0.2) is 5.16 Å². The largest absolute Gasteiger partial charge is 0.370 e. The van der Waals surface area contributed by atoms with E-state index < -0.39 is 0 Å². The average Bonchev–Trinajstić information content (AvgIpc) is 3.32. The van der Waals surface area contributed by atoms with Crippen molar-refractivity contribution in [1.29, 1.82) is 5.26 Å². The Labute approximate surface area is 138 Å². The highest BCUT2D eigenvalue weighted by molar-refractivity contribution is 7.98. The molecule has 118 valence electrons. The van der Waals surface area contributed by atoms with E-state index in [-0.39, 0.29) is 12.3 Å². The zero-order chi connectivity index (χ0) is 16.2. The molecule has 2 aromatic rings. The minimum Gasteiger partial charge on any atom is -0.370 e. The molecule has 6 nitrogen and oxygen atoms in total. The van der Waals surface area contributed by atoms with Gasteiger partial charge in [-0.15, -0.1) is 10.2 Å². The standard InChI is InChI=1S/C16H17N5OS/c17-9-11-2-1-3-12(8-11)10-23-16-20-19-15(13-4-5-13)21(16)7-6-14(18)22/h1-3,8,13H,4-7,10H2,(H2,18,22). The number of rotatable bonds is 7. The van der Waals surface area contributed by atoms with Crippen LogP contribution >= 0.6 is 11.8 Å². The molecule has 0 atom stereocenters. The number of benzene rings is 1. The predicted octanol–water partition coefficient (Wildman–Crippen LogP) is 2.19. The van der Waals surface area contributed by atoms with E-state index >= 15 is 0 Å². The molecular weight excluding hydrogens is 310 g/mol. The summed E-state index contributed by atoms with van der Waals surface area (Å²) in [6.07, 6.45) is 2.54. The van der Waals surface area contributed by atoms with Gasteiger partial charge in [0.25, 0.3) is 0 Å². The van der Waals surface area contributed by atoms with Crippen molar-refractivity contribution >= 4 is 17.7 Å². The van der Waals surface area contributed by atoms with Crippen LogP contribution < -0.4 is 5.73 Å². The van der Waals surface area contributed by atoms with Crippen molar-refractivity contribution in [3.63, 3.8) is 0 Å². The molecule has 0 aliphatic heterocycles. The van der Waals surface area contributed by atoms with E-state index in [0.29, 0.717) is 23.8 Å². The third kappa shape index (κ3) is 3.90. The SMILES string of the molecule is N#Cc1cccc(CSc2nnc(C3CC3)n2CCC(N)=O)c1. The Balaban J connectivity index is 1.73. The molecule has 7 heteroatoms. The molecule has 1 aliphatic rings. The minimum absolute atomic E-state index is 0.287. The van der Waals surface area contributed by atoms with E-state index in [2.05, 4.69) is 16.3 Å². The van der Waals surface area contributed by atoms with Gasteiger partial charge in [-0.3, -0.25) is 4.79 Å². The number of amides is 1. The average molecular weight is 327 g/mol.